The molecule has 2 aromatic heterocycles. The van der Waals surface area contributed by atoms with Crippen LogP contribution >= 0.6 is 11.3 Å². The summed E-state index contributed by atoms with van der Waals surface area (Å²) in [5, 5.41) is 2.94. The lowest BCUT2D eigenvalue weighted by molar-refractivity contribution is 0.0941. The third-order valence-corrected chi connectivity index (χ3v) is 3.79. The van der Waals surface area contributed by atoms with Gasteiger partial charge < -0.3 is 11.1 Å². The topological polar surface area (TPSA) is 68.0 Å². The maximum absolute atomic E-state index is 12.0. The lowest BCUT2D eigenvalue weighted by atomic mass is 10.2. The molecule has 0 fully saturated rings. The largest absolute Gasteiger partial charge is 0.383 e. The number of thiophene rings is 1. The van der Waals surface area contributed by atoms with Crippen LogP contribution in [0.5, 0.6) is 0 Å². The summed E-state index contributed by atoms with van der Waals surface area (Å²) in [5.41, 5.74) is 6.11. The smallest absolute Gasteiger partial charge is 0.255 e. The first-order valence-electron chi connectivity index (χ1n) is 6.13. The molecular weight excluding hydrogens is 258 g/mol. The van der Waals surface area contributed by atoms with E-state index in [1.807, 2.05) is 6.92 Å². The molecule has 100 valence electrons. The fourth-order valence-corrected chi connectivity index (χ4v) is 2.88. The molecule has 0 saturated carbocycles. The summed E-state index contributed by atoms with van der Waals surface area (Å²) in [6.45, 7) is 4.06. The molecule has 0 radical (unpaired) electrons. The van der Waals surface area contributed by atoms with Crippen molar-refractivity contribution in [3.63, 3.8) is 0 Å². The number of anilines is 1. The van der Waals surface area contributed by atoms with Crippen molar-refractivity contribution in [2.45, 2.75) is 26.3 Å². The number of nitrogens with two attached hydrogens (primary N) is 1. The Morgan fingerprint density at radius 1 is 1.47 bits per heavy atom. The predicted octanol–water partition coefficient (Wildman–Crippen LogP) is 2.39. The van der Waals surface area contributed by atoms with Gasteiger partial charge in [-0.25, -0.2) is 4.98 Å². The summed E-state index contributed by atoms with van der Waals surface area (Å²) < 4.78 is 0. The van der Waals surface area contributed by atoms with Crippen LogP contribution in [0, 0.1) is 6.92 Å². The molecule has 0 aliphatic heterocycles. The van der Waals surface area contributed by atoms with Crippen LogP contribution < -0.4 is 11.1 Å². The highest BCUT2D eigenvalue weighted by atomic mass is 32.1. The van der Waals surface area contributed by atoms with Crippen molar-refractivity contribution in [1.29, 1.82) is 0 Å². The van der Waals surface area contributed by atoms with Gasteiger partial charge >= 0.3 is 0 Å². The lowest BCUT2D eigenvalue weighted by Gasteiger charge is -2.13. The van der Waals surface area contributed by atoms with Gasteiger partial charge in [0.05, 0.1) is 5.56 Å². The summed E-state index contributed by atoms with van der Waals surface area (Å²) in [5.74, 6) is 0.0885. The minimum atomic E-state index is -0.175. The monoisotopic (exact) mass is 275 g/mol. The first kappa shape index (κ1) is 13.5. The molecule has 1 unspecified atom stereocenters. The van der Waals surface area contributed by atoms with Crippen LogP contribution in [0.25, 0.3) is 0 Å². The van der Waals surface area contributed by atoms with Gasteiger partial charge in [-0.1, -0.05) is 0 Å². The number of hydrogen-bond acceptors (Lipinski definition) is 4. The maximum Gasteiger partial charge on any atom is 0.255 e. The molecular formula is C14H17N3OS. The Morgan fingerprint density at radius 2 is 2.26 bits per heavy atom. The van der Waals surface area contributed by atoms with E-state index in [2.05, 4.69) is 29.4 Å². The van der Waals surface area contributed by atoms with Crippen LogP contribution in [0.2, 0.25) is 0 Å². The number of carbonyl (C=O) groups excluding carboxylic acids is 1. The molecule has 0 bridgehead atoms. The fraction of sp³-hybridized carbons (Fsp3) is 0.286. The summed E-state index contributed by atoms with van der Waals surface area (Å²) in [6, 6.07) is 7.64. The van der Waals surface area contributed by atoms with Crippen LogP contribution in [0.3, 0.4) is 0 Å². The molecule has 0 spiro atoms. The van der Waals surface area contributed by atoms with Crippen molar-refractivity contribution in [3.8, 4) is 0 Å². The number of hydrogen-bond donors (Lipinski definition) is 2. The average Bonchev–Trinajstić information content (AvgIpc) is 2.74. The van der Waals surface area contributed by atoms with E-state index in [1.165, 1.54) is 9.75 Å². The molecule has 3 N–H and O–H groups in total. The number of carbonyl (C=O) groups is 1. The van der Waals surface area contributed by atoms with Gasteiger partial charge in [0, 0.05) is 28.4 Å². The zero-order valence-corrected chi connectivity index (χ0v) is 11.8. The Bertz CT molecular complexity index is 580. The van der Waals surface area contributed by atoms with Crippen molar-refractivity contribution in [3.05, 3.63) is 45.8 Å². The number of amides is 1. The summed E-state index contributed by atoms with van der Waals surface area (Å²) in [6.07, 6.45) is 2.40. The van der Waals surface area contributed by atoms with Crippen molar-refractivity contribution >= 4 is 23.1 Å². The number of aryl methyl sites for hydroxylation is 1. The Balaban J connectivity index is 1.97. The molecule has 2 rings (SSSR count). The van der Waals surface area contributed by atoms with Gasteiger partial charge in [0.15, 0.2) is 0 Å². The standard InChI is InChI=1S/C14H17N3OS/c1-9(8-11-6-5-10(2)19-11)17-14(18)12-4-3-7-16-13(12)15/h3-7,9H,8H2,1-2H3,(H2,15,16)(H,17,18). The summed E-state index contributed by atoms with van der Waals surface area (Å²) >= 11 is 1.75. The zero-order chi connectivity index (χ0) is 13.8. The minimum Gasteiger partial charge on any atom is -0.383 e. The molecule has 2 aromatic rings. The first-order chi connectivity index (χ1) is 9.06. The maximum atomic E-state index is 12.0. The quantitative estimate of drug-likeness (QED) is 0.900. The fourth-order valence-electron chi connectivity index (χ4n) is 1.86. The Hall–Kier alpha value is -1.88. The summed E-state index contributed by atoms with van der Waals surface area (Å²) in [4.78, 5) is 18.5. The number of rotatable bonds is 4. The molecule has 0 aromatic carbocycles. The van der Waals surface area contributed by atoms with Crippen LogP contribution in [0.15, 0.2) is 30.5 Å². The van der Waals surface area contributed by atoms with Gasteiger partial charge in [0.1, 0.15) is 5.82 Å². The third-order valence-electron chi connectivity index (χ3n) is 2.76. The van der Waals surface area contributed by atoms with Crippen molar-refractivity contribution in [2.24, 2.45) is 0 Å². The normalized spacial score (nSPS) is 12.1. The second kappa shape index (κ2) is 5.84. The van der Waals surface area contributed by atoms with E-state index in [9.17, 15) is 4.79 Å². The zero-order valence-electron chi connectivity index (χ0n) is 11.0. The van der Waals surface area contributed by atoms with Crippen LogP contribution in [-0.4, -0.2) is 16.9 Å². The number of nitrogens with one attached hydrogen (secondary N) is 1. The Morgan fingerprint density at radius 3 is 2.89 bits per heavy atom. The summed E-state index contributed by atoms with van der Waals surface area (Å²) in [7, 11) is 0. The van der Waals surface area contributed by atoms with Crippen LogP contribution in [0.4, 0.5) is 5.82 Å². The molecule has 0 saturated heterocycles. The minimum absolute atomic E-state index is 0.0603. The molecule has 0 aliphatic carbocycles. The second-order valence-corrected chi connectivity index (χ2v) is 5.90. The average molecular weight is 275 g/mol. The van der Waals surface area contributed by atoms with E-state index in [0.717, 1.165) is 6.42 Å². The number of aromatic nitrogens is 1. The molecule has 19 heavy (non-hydrogen) atoms. The van der Waals surface area contributed by atoms with Gasteiger partial charge in [-0.3, -0.25) is 4.79 Å². The second-order valence-electron chi connectivity index (χ2n) is 4.53. The number of pyridine rings is 1. The van der Waals surface area contributed by atoms with Gasteiger partial charge in [-0.2, -0.15) is 0 Å². The molecule has 1 atom stereocenters. The van der Waals surface area contributed by atoms with Gasteiger partial charge in [0.25, 0.3) is 5.91 Å². The van der Waals surface area contributed by atoms with E-state index in [-0.39, 0.29) is 17.8 Å². The van der Waals surface area contributed by atoms with E-state index < -0.39 is 0 Å². The SMILES string of the molecule is Cc1ccc(CC(C)NC(=O)c2cccnc2N)s1. The van der Waals surface area contributed by atoms with Crippen LogP contribution in [0.1, 0.15) is 27.0 Å². The number of nitrogen functional groups attached to an aromatic ring is 1. The molecule has 5 heteroatoms. The van der Waals surface area contributed by atoms with Crippen molar-refractivity contribution in [2.75, 3.05) is 5.73 Å². The molecule has 1 amide bonds. The Kier molecular flexibility index (Phi) is 4.16. The lowest BCUT2D eigenvalue weighted by Crippen LogP contribution is -2.34. The molecule has 2 heterocycles. The van der Waals surface area contributed by atoms with Crippen molar-refractivity contribution in [1.82, 2.24) is 10.3 Å². The van der Waals surface area contributed by atoms with Gasteiger partial charge in [0.2, 0.25) is 0 Å². The Labute approximate surface area is 116 Å². The highest BCUT2D eigenvalue weighted by Gasteiger charge is 2.13. The highest BCUT2D eigenvalue weighted by molar-refractivity contribution is 7.11. The van der Waals surface area contributed by atoms with E-state index >= 15 is 0 Å². The van der Waals surface area contributed by atoms with E-state index in [4.69, 9.17) is 5.73 Å². The predicted molar refractivity (Wildman–Crippen MR) is 78.3 cm³/mol. The van der Waals surface area contributed by atoms with Crippen molar-refractivity contribution < 1.29 is 4.79 Å². The first-order valence-corrected chi connectivity index (χ1v) is 6.94. The highest BCUT2D eigenvalue weighted by Crippen LogP contribution is 2.17. The van der Waals surface area contributed by atoms with Crippen LogP contribution in [-0.2, 0) is 6.42 Å². The molecule has 0 aliphatic rings. The van der Waals surface area contributed by atoms with Gasteiger partial charge in [-0.05, 0) is 38.1 Å². The number of nitrogens with zero attached hydrogens (tertiary/aromatic N) is 1. The third kappa shape index (κ3) is 3.54. The van der Waals surface area contributed by atoms with E-state index in [1.54, 1.807) is 29.7 Å². The van der Waals surface area contributed by atoms with E-state index in [0.29, 0.717) is 5.56 Å². The van der Waals surface area contributed by atoms with Gasteiger partial charge in [-0.15, -0.1) is 11.3 Å². The molecule has 4 nitrogen and oxygen atoms in total.